The zero-order chi connectivity index (χ0) is 15.5. The molecule has 1 aromatic rings. The lowest BCUT2D eigenvalue weighted by Gasteiger charge is -2.23. The lowest BCUT2D eigenvalue weighted by Crippen LogP contribution is -2.34. The predicted octanol–water partition coefficient (Wildman–Crippen LogP) is 1.63. The van der Waals surface area contributed by atoms with Gasteiger partial charge in [0, 0.05) is 13.1 Å². The summed E-state index contributed by atoms with van der Waals surface area (Å²) in [6.07, 6.45) is 0. The van der Waals surface area contributed by atoms with Crippen LogP contribution >= 0.6 is 0 Å². The first kappa shape index (κ1) is 16.5. The average molecular weight is 300 g/mol. The highest BCUT2D eigenvalue weighted by atomic mass is 32.2. The molecule has 0 aliphatic rings. The maximum atomic E-state index is 12.5. The van der Waals surface area contributed by atoms with Gasteiger partial charge in [-0.1, -0.05) is 20.8 Å². The number of nitrogen functional groups attached to an aromatic ring is 1. The highest BCUT2D eigenvalue weighted by Crippen LogP contribution is 2.24. The van der Waals surface area contributed by atoms with Gasteiger partial charge in [0.25, 0.3) is 0 Å². The fraction of sp³-hybridized carbons (Fsp3) is 0.462. The van der Waals surface area contributed by atoms with E-state index < -0.39 is 16.0 Å². The van der Waals surface area contributed by atoms with Crippen LogP contribution in [0, 0.1) is 5.92 Å². The summed E-state index contributed by atoms with van der Waals surface area (Å²) in [5, 5.41) is 8.86. The number of sulfonamides is 1. The van der Waals surface area contributed by atoms with Crippen molar-refractivity contribution in [3.05, 3.63) is 23.8 Å². The van der Waals surface area contributed by atoms with E-state index in [1.165, 1.54) is 22.5 Å². The second-order valence-corrected chi connectivity index (χ2v) is 6.81. The minimum absolute atomic E-state index is 0.0339. The van der Waals surface area contributed by atoms with E-state index in [2.05, 4.69) is 0 Å². The molecule has 0 aliphatic heterocycles. The zero-order valence-corrected chi connectivity index (χ0v) is 12.6. The van der Waals surface area contributed by atoms with Crippen LogP contribution in [0.3, 0.4) is 0 Å². The third-order valence-electron chi connectivity index (χ3n) is 2.80. The normalized spacial score (nSPS) is 12.1. The van der Waals surface area contributed by atoms with Gasteiger partial charge in [-0.2, -0.15) is 4.31 Å². The van der Waals surface area contributed by atoms with Gasteiger partial charge in [-0.25, -0.2) is 13.2 Å². The molecule has 0 radical (unpaired) electrons. The Labute approximate surface area is 119 Å². The molecule has 6 nitrogen and oxygen atoms in total. The van der Waals surface area contributed by atoms with E-state index in [4.69, 9.17) is 10.8 Å². The van der Waals surface area contributed by atoms with Crippen LogP contribution < -0.4 is 5.73 Å². The number of carboxylic acids is 1. The Morgan fingerprint density at radius 2 is 2.00 bits per heavy atom. The Kier molecular flexibility index (Phi) is 5.13. The number of aromatic carboxylic acids is 1. The topological polar surface area (TPSA) is 101 Å². The molecule has 7 heteroatoms. The maximum absolute atomic E-state index is 12.5. The molecule has 0 aliphatic carbocycles. The lowest BCUT2D eigenvalue weighted by molar-refractivity contribution is 0.0697. The summed E-state index contributed by atoms with van der Waals surface area (Å²) in [4.78, 5) is 10.8. The van der Waals surface area contributed by atoms with E-state index in [0.29, 0.717) is 13.1 Å². The molecular formula is C13H20N2O4S. The Morgan fingerprint density at radius 3 is 2.40 bits per heavy atom. The van der Waals surface area contributed by atoms with Crippen molar-refractivity contribution in [2.75, 3.05) is 18.8 Å². The largest absolute Gasteiger partial charge is 0.478 e. The van der Waals surface area contributed by atoms with E-state index in [-0.39, 0.29) is 22.1 Å². The minimum atomic E-state index is -3.70. The van der Waals surface area contributed by atoms with Crippen LogP contribution in [0.5, 0.6) is 0 Å². The summed E-state index contributed by atoms with van der Waals surface area (Å²) >= 11 is 0. The lowest BCUT2D eigenvalue weighted by atomic mass is 10.2. The van der Waals surface area contributed by atoms with Gasteiger partial charge in [0.05, 0.1) is 11.3 Å². The number of carbonyl (C=O) groups is 1. The Morgan fingerprint density at radius 1 is 1.40 bits per heavy atom. The molecule has 0 bridgehead atoms. The van der Waals surface area contributed by atoms with Crippen LogP contribution in [0.4, 0.5) is 5.69 Å². The van der Waals surface area contributed by atoms with Crippen LogP contribution in [0.1, 0.15) is 31.1 Å². The smallest absolute Gasteiger partial charge is 0.335 e. The molecule has 0 saturated carbocycles. The number of nitrogens with zero attached hydrogens (tertiary/aromatic N) is 1. The SMILES string of the molecule is CCN(CC(C)C)S(=O)(=O)c1ccc(C(=O)O)cc1N. The van der Waals surface area contributed by atoms with Gasteiger partial charge >= 0.3 is 5.97 Å². The fourth-order valence-electron chi connectivity index (χ4n) is 1.86. The summed E-state index contributed by atoms with van der Waals surface area (Å²) < 4.78 is 26.3. The second-order valence-electron chi connectivity index (χ2n) is 4.91. The van der Waals surface area contributed by atoms with Gasteiger partial charge in [-0.15, -0.1) is 0 Å². The molecule has 0 spiro atoms. The van der Waals surface area contributed by atoms with Crippen molar-refractivity contribution in [3.63, 3.8) is 0 Å². The first-order chi connectivity index (χ1) is 9.20. The number of anilines is 1. The number of rotatable bonds is 6. The molecule has 0 fully saturated rings. The fourth-order valence-corrected chi connectivity index (χ4v) is 3.57. The summed E-state index contributed by atoms with van der Waals surface area (Å²) in [5.74, 6) is -0.959. The Balaban J connectivity index is 3.24. The highest BCUT2D eigenvalue weighted by molar-refractivity contribution is 7.89. The minimum Gasteiger partial charge on any atom is -0.478 e. The van der Waals surface area contributed by atoms with Gasteiger partial charge in [-0.3, -0.25) is 0 Å². The third kappa shape index (κ3) is 3.49. The predicted molar refractivity (Wildman–Crippen MR) is 77.1 cm³/mol. The maximum Gasteiger partial charge on any atom is 0.335 e. The second kappa shape index (κ2) is 6.23. The molecule has 20 heavy (non-hydrogen) atoms. The molecule has 0 heterocycles. The number of benzene rings is 1. The number of hydrogen-bond donors (Lipinski definition) is 2. The molecule has 0 amide bonds. The molecule has 0 saturated heterocycles. The van der Waals surface area contributed by atoms with Gasteiger partial charge in [0.15, 0.2) is 0 Å². The monoisotopic (exact) mass is 300 g/mol. The van der Waals surface area contributed by atoms with Crippen molar-refractivity contribution in [2.45, 2.75) is 25.7 Å². The van der Waals surface area contributed by atoms with Gasteiger partial charge in [0.2, 0.25) is 10.0 Å². The van der Waals surface area contributed by atoms with Gasteiger partial charge < -0.3 is 10.8 Å². The van der Waals surface area contributed by atoms with Crippen LogP contribution in [-0.2, 0) is 10.0 Å². The molecule has 3 N–H and O–H groups in total. The quantitative estimate of drug-likeness (QED) is 0.778. The number of carboxylic acid groups (broad SMARTS) is 1. The first-order valence-electron chi connectivity index (χ1n) is 6.33. The van der Waals surface area contributed by atoms with E-state index >= 15 is 0 Å². The zero-order valence-electron chi connectivity index (χ0n) is 11.8. The van der Waals surface area contributed by atoms with Crippen molar-refractivity contribution in [1.29, 1.82) is 0 Å². The van der Waals surface area contributed by atoms with E-state index in [0.717, 1.165) is 0 Å². The molecule has 0 unspecified atom stereocenters. The van der Waals surface area contributed by atoms with Crippen molar-refractivity contribution in [1.82, 2.24) is 4.31 Å². The van der Waals surface area contributed by atoms with E-state index in [9.17, 15) is 13.2 Å². The molecule has 0 atom stereocenters. The Bertz CT molecular complexity index is 596. The van der Waals surface area contributed by atoms with Gasteiger partial charge in [0.1, 0.15) is 4.90 Å². The summed E-state index contributed by atoms with van der Waals surface area (Å²) in [7, 11) is -3.70. The standard InChI is InChI=1S/C13H20N2O4S/c1-4-15(8-9(2)3)20(18,19)12-6-5-10(13(16)17)7-11(12)14/h5-7,9H,4,8,14H2,1-3H3,(H,16,17). The summed E-state index contributed by atoms with van der Waals surface area (Å²) in [5.41, 5.74) is 5.62. The Hall–Kier alpha value is -1.60. The van der Waals surface area contributed by atoms with Crippen LogP contribution in [0.15, 0.2) is 23.1 Å². The van der Waals surface area contributed by atoms with Crippen LogP contribution in [0.2, 0.25) is 0 Å². The van der Waals surface area contributed by atoms with Gasteiger partial charge in [-0.05, 0) is 24.1 Å². The molecule has 0 aromatic heterocycles. The van der Waals surface area contributed by atoms with E-state index in [1.54, 1.807) is 6.92 Å². The number of nitrogens with two attached hydrogens (primary N) is 1. The van der Waals surface area contributed by atoms with Crippen LogP contribution in [-0.4, -0.2) is 36.9 Å². The van der Waals surface area contributed by atoms with Crippen LogP contribution in [0.25, 0.3) is 0 Å². The van der Waals surface area contributed by atoms with Crippen molar-refractivity contribution in [2.24, 2.45) is 5.92 Å². The highest BCUT2D eigenvalue weighted by Gasteiger charge is 2.26. The van der Waals surface area contributed by atoms with Crippen molar-refractivity contribution < 1.29 is 18.3 Å². The molecule has 1 aromatic carbocycles. The molecule has 112 valence electrons. The van der Waals surface area contributed by atoms with Crippen molar-refractivity contribution in [3.8, 4) is 0 Å². The van der Waals surface area contributed by atoms with Crippen molar-refractivity contribution >= 4 is 21.7 Å². The number of hydrogen-bond acceptors (Lipinski definition) is 4. The molecular weight excluding hydrogens is 280 g/mol. The summed E-state index contributed by atoms with van der Waals surface area (Å²) in [6, 6.07) is 3.66. The third-order valence-corrected chi connectivity index (χ3v) is 4.81. The molecule has 1 rings (SSSR count). The average Bonchev–Trinajstić information content (AvgIpc) is 2.34. The first-order valence-corrected chi connectivity index (χ1v) is 7.77. The summed E-state index contributed by atoms with van der Waals surface area (Å²) in [6.45, 7) is 6.32. The van der Waals surface area contributed by atoms with E-state index in [1.807, 2.05) is 13.8 Å².